The van der Waals surface area contributed by atoms with E-state index < -0.39 is 14.9 Å². The summed E-state index contributed by atoms with van der Waals surface area (Å²) in [6, 6.07) is 11.0. The molecular formula is C15H17N3O5S. The Labute approximate surface area is 139 Å². The van der Waals surface area contributed by atoms with E-state index in [0.717, 1.165) is 11.6 Å². The van der Waals surface area contributed by atoms with Crippen LogP contribution in [0.3, 0.4) is 0 Å². The highest BCUT2D eigenvalue weighted by atomic mass is 32.2. The number of anilines is 1. The second-order valence-electron chi connectivity index (χ2n) is 5.07. The maximum Gasteiger partial charge on any atom is 0.270 e. The summed E-state index contributed by atoms with van der Waals surface area (Å²) >= 11 is 0. The zero-order valence-electron chi connectivity index (χ0n) is 12.9. The van der Waals surface area contributed by atoms with Gasteiger partial charge in [0.25, 0.3) is 5.69 Å². The Balaban J connectivity index is 2.05. The zero-order chi connectivity index (χ0) is 17.7. The summed E-state index contributed by atoms with van der Waals surface area (Å²) in [5, 5.41) is 18.7. The average Bonchev–Trinajstić information content (AvgIpc) is 2.50. The Kier molecular flexibility index (Phi) is 5.37. The molecule has 2 aromatic rings. The van der Waals surface area contributed by atoms with Crippen LogP contribution in [0.15, 0.2) is 47.4 Å². The van der Waals surface area contributed by atoms with E-state index in [1.165, 1.54) is 12.1 Å². The fourth-order valence-corrected chi connectivity index (χ4v) is 2.80. The average molecular weight is 351 g/mol. The SMILES string of the molecule is Cc1cccc(OCCNc2ccc([N+](=O)[O-])cc2S(N)(=O)=O)c1. The number of sulfonamides is 1. The molecule has 0 bridgehead atoms. The van der Waals surface area contributed by atoms with Gasteiger partial charge in [-0.2, -0.15) is 0 Å². The number of benzene rings is 2. The fourth-order valence-electron chi connectivity index (χ4n) is 2.07. The number of primary sulfonamides is 1. The summed E-state index contributed by atoms with van der Waals surface area (Å²) in [6.45, 7) is 2.53. The largest absolute Gasteiger partial charge is 0.492 e. The minimum Gasteiger partial charge on any atom is -0.492 e. The van der Waals surface area contributed by atoms with E-state index in [9.17, 15) is 18.5 Å². The van der Waals surface area contributed by atoms with Crippen LogP contribution in [0, 0.1) is 17.0 Å². The highest BCUT2D eigenvalue weighted by Gasteiger charge is 2.18. The standard InChI is InChI=1S/C15H17N3O5S/c1-11-3-2-4-13(9-11)23-8-7-17-14-6-5-12(18(19)20)10-15(14)24(16,21)22/h2-6,9-10,17H,7-8H2,1H3,(H2,16,21,22). The number of non-ortho nitro benzene ring substituents is 1. The van der Waals surface area contributed by atoms with Crippen LogP contribution in [0.4, 0.5) is 11.4 Å². The number of hydrogen-bond acceptors (Lipinski definition) is 6. The summed E-state index contributed by atoms with van der Waals surface area (Å²) in [5.74, 6) is 0.701. The molecule has 24 heavy (non-hydrogen) atoms. The first-order valence-electron chi connectivity index (χ1n) is 7.02. The number of nitro groups is 1. The van der Waals surface area contributed by atoms with Crippen LogP contribution >= 0.6 is 0 Å². The second kappa shape index (κ2) is 7.28. The van der Waals surface area contributed by atoms with Crippen LogP contribution in [0.5, 0.6) is 5.75 Å². The third kappa shape index (κ3) is 4.67. The first-order chi connectivity index (χ1) is 11.3. The molecule has 2 rings (SSSR count). The molecule has 0 atom stereocenters. The van der Waals surface area contributed by atoms with Crippen molar-refractivity contribution in [3.05, 3.63) is 58.1 Å². The molecule has 8 nitrogen and oxygen atoms in total. The Morgan fingerprint density at radius 1 is 1.25 bits per heavy atom. The van der Waals surface area contributed by atoms with Gasteiger partial charge in [-0.15, -0.1) is 0 Å². The minimum absolute atomic E-state index is 0.191. The lowest BCUT2D eigenvalue weighted by molar-refractivity contribution is -0.385. The number of nitro benzene ring substituents is 1. The van der Waals surface area contributed by atoms with Gasteiger partial charge in [-0.3, -0.25) is 10.1 Å². The molecule has 0 aliphatic heterocycles. The predicted octanol–water partition coefficient (Wildman–Crippen LogP) is 2.04. The van der Waals surface area contributed by atoms with Crippen LogP contribution < -0.4 is 15.2 Å². The summed E-state index contributed by atoms with van der Waals surface area (Å²) in [5.41, 5.74) is 0.906. The first kappa shape index (κ1) is 17.7. The van der Waals surface area contributed by atoms with Crippen LogP contribution in [-0.4, -0.2) is 26.5 Å². The van der Waals surface area contributed by atoms with Crippen LogP contribution in [0.25, 0.3) is 0 Å². The molecule has 0 aliphatic carbocycles. The predicted molar refractivity (Wildman–Crippen MR) is 89.6 cm³/mol. The maximum absolute atomic E-state index is 11.6. The molecule has 9 heteroatoms. The van der Waals surface area contributed by atoms with Crippen molar-refractivity contribution in [1.29, 1.82) is 0 Å². The molecule has 2 aromatic carbocycles. The second-order valence-corrected chi connectivity index (χ2v) is 6.60. The normalized spacial score (nSPS) is 11.1. The monoisotopic (exact) mass is 351 g/mol. The molecule has 0 unspecified atom stereocenters. The zero-order valence-corrected chi connectivity index (χ0v) is 13.7. The quantitative estimate of drug-likeness (QED) is 0.447. The Hall–Kier alpha value is -2.65. The van der Waals surface area contributed by atoms with Gasteiger partial charge in [0.2, 0.25) is 10.0 Å². The third-order valence-electron chi connectivity index (χ3n) is 3.16. The summed E-state index contributed by atoms with van der Waals surface area (Å²) in [6.07, 6.45) is 0. The van der Waals surface area contributed by atoms with Gasteiger partial charge in [0, 0.05) is 18.7 Å². The van der Waals surface area contributed by atoms with E-state index >= 15 is 0 Å². The number of nitrogens with one attached hydrogen (secondary N) is 1. The van der Waals surface area contributed by atoms with Crippen LogP contribution in [0.1, 0.15) is 5.56 Å². The van der Waals surface area contributed by atoms with Gasteiger partial charge >= 0.3 is 0 Å². The molecular weight excluding hydrogens is 334 g/mol. The molecule has 128 valence electrons. The number of hydrogen-bond donors (Lipinski definition) is 2. The Bertz CT molecular complexity index is 852. The molecule has 0 radical (unpaired) electrons. The van der Waals surface area contributed by atoms with Gasteiger partial charge in [-0.25, -0.2) is 13.6 Å². The molecule has 0 amide bonds. The number of nitrogens with two attached hydrogens (primary N) is 1. The van der Waals surface area contributed by atoms with Crippen molar-refractivity contribution in [1.82, 2.24) is 0 Å². The summed E-state index contributed by atoms with van der Waals surface area (Å²) in [4.78, 5) is 9.76. The Morgan fingerprint density at radius 3 is 2.62 bits per heavy atom. The lowest BCUT2D eigenvalue weighted by Crippen LogP contribution is -2.18. The minimum atomic E-state index is -4.09. The molecule has 0 aliphatic rings. The van der Waals surface area contributed by atoms with Gasteiger partial charge in [0.05, 0.1) is 10.6 Å². The Morgan fingerprint density at radius 2 is 2.00 bits per heavy atom. The lowest BCUT2D eigenvalue weighted by Gasteiger charge is -2.11. The van der Waals surface area contributed by atoms with Gasteiger partial charge < -0.3 is 10.1 Å². The van der Waals surface area contributed by atoms with Gasteiger partial charge in [0.15, 0.2) is 0 Å². The first-order valence-corrected chi connectivity index (χ1v) is 8.56. The molecule has 0 heterocycles. The summed E-state index contributed by atoms with van der Waals surface area (Å²) < 4.78 is 28.8. The fraction of sp³-hybridized carbons (Fsp3) is 0.200. The van der Waals surface area contributed by atoms with E-state index in [2.05, 4.69) is 5.32 Å². The molecule has 0 aromatic heterocycles. The third-order valence-corrected chi connectivity index (χ3v) is 4.11. The molecule has 0 saturated carbocycles. The molecule has 0 saturated heterocycles. The van der Waals surface area contributed by atoms with Crippen molar-refractivity contribution < 1.29 is 18.1 Å². The van der Waals surface area contributed by atoms with Gasteiger partial charge in [-0.05, 0) is 30.7 Å². The van der Waals surface area contributed by atoms with E-state index in [4.69, 9.17) is 9.88 Å². The maximum atomic E-state index is 11.6. The van der Waals surface area contributed by atoms with Crippen LogP contribution in [-0.2, 0) is 10.0 Å². The number of rotatable bonds is 7. The van der Waals surface area contributed by atoms with E-state index in [0.29, 0.717) is 12.3 Å². The molecule has 0 fully saturated rings. The molecule has 3 N–H and O–H groups in total. The number of aryl methyl sites for hydroxylation is 1. The topological polar surface area (TPSA) is 125 Å². The highest BCUT2D eigenvalue weighted by Crippen LogP contribution is 2.25. The van der Waals surface area contributed by atoms with E-state index in [1.54, 1.807) is 0 Å². The van der Waals surface area contributed by atoms with Crippen molar-refractivity contribution in [3.8, 4) is 5.75 Å². The van der Waals surface area contributed by atoms with Gasteiger partial charge in [-0.1, -0.05) is 12.1 Å². The van der Waals surface area contributed by atoms with Crippen molar-refractivity contribution >= 4 is 21.4 Å². The summed E-state index contributed by atoms with van der Waals surface area (Å²) in [7, 11) is -4.09. The van der Waals surface area contributed by atoms with Crippen molar-refractivity contribution in [2.75, 3.05) is 18.5 Å². The number of nitrogens with zero attached hydrogens (tertiary/aromatic N) is 1. The smallest absolute Gasteiger partial charge is 0.270 e. The molecule has 0 spiro atoms. The highest BCUT2D eigenvalue weighted by molar-refractivity contribution is 7.89. The van der Waals surface area contributed by atoms with Crippen LogP contribution in [0.2, 0.25) is 0 Å². The van der Waals surface area contributed by atoms with Gasteiger partial charge in [0.1, 0.15) is 17.3 Å². The van der Waals surface area contributed by atoms with Crippen molar-refractivity contribution in [2.45, 2.75) is 11.8 Å². The van der Waals surface area contributed by atoms with E-state index in [-0.39, 0.29) is 22.9 Å². The van der Waals surface area contributed by atoms with Crippen molar-refractivity contribution in [3.63, 3.8) is 0 Å². The van der Waals surface area contributed by atoms with Crippen molar-refractivity contribution in [2.24, 2.45) is 5.14 Å². The lowest BCUT2D eigenvalue weighted by atomic mass is 10.2. The van der Waals surface area contributed by atoms with E-state index in [1.807, 2.05) is 31.2 Å². The number of ether oxygens (including phenoxy) is 1.